The second-order valence-corrected chi connectivity index (χ2v) is 5.18. The third-order valence-electron chi connectivity index (χ3n) is 3.01. The summed E-state index contributed by atoms with van der Waals surface area (Å²) in [7, 11) is 0. The van der Waals surface area contributed by atoms with Gasteiger partial charge in [-0.1, -0.05) is 13.8 Å². The van der Waals surface area contributed by atoms with Gasteiger partial charge in [0.25, 0.3) is 0 Å². The Morgan fingerprint density at radius 2 is 1.89 bits per heavy atom. The lowest BCUT2D eigenvalue weighted by atomic mass is 10.0. The van der Waals surface area contributed by atoms with Gasteiger partial charge < -0.3 is 5.11 Å². The molecule has 0 aliphatic carbocycles. The van der Waals surface area contributed by atoms with Crippen molar-refractivity contribution in [2.75, 3.05) is 0 Å². The lowest BCUT2D eigenvalue weighted by Gasteiger charge is -2.22. The number of hydrogen-bond donors (Lipinski definition) is 2. The van der Waals surface area contributed by atoms with Crippen molar-refractivity contribution in [3.8, 4) is 0 Å². The first kappa shape index (κ1) is 14.6. The molecule has 1 aliphatic rings. The average Bonchev–Trinajstić information content (AvgIpc) is 2.49. The van der Waals surface area contributed by atoms with E-state index in [-0.39, 0.29) is 30.2 Å². The maximum atomic E-state index is 12.0. The van der Waals surface area contributed by atoms with Crippen LogP contribution < -0.4 is 5.32 Å². The Morgan fingerprint density at radius 1 is 1.33 bits per heavy atom. The van der Waals surface area contributed by atoms with Gasteiger partial charge in [-0.05, 0) is 19.8 Å². The van der Waals surface area contributed by atoms with E-state index in [1.807, 2.05) is 0 Å². The molecule has 0 aromatic rings. The van der Waals surface area contributed by atoms with Crippen molar-refractivity contribution in [3.63, 3.8) is 0 Å². The number of rotatable bonds is 5. The minimum Gasteiger partial charge on any atom is -0.480 e. The molecule has 2 unspecified atom stereocenters. The van der Waals surface area contributed by atoms with Gasteiger partial charge in [0, 0.05) is 6.04 Å². The Labute approximate surface area is 106 Å². The van der Waals surface area contributed by atoms with Crippen LogP contribution in [0.3, 0.4) is 0 Å². The molecular formula is C12H20N2O4. The first-order valence-electron chi connectivity index (χ1n) is 6.10. The second-order valence-electron chi connectivity index (χ2n) is 5.18. The summed E-state index contributed by atoms with van der Waals surface area (Å²) in [6.45, 7) is 7.03. The van der Waals surface area contributed by atoms with Crippen LogP contribution in [0, 0.1) is 5.92 Å². The third-order valence-corrected chi connectivity index (χ3v) is 3.01. The minimum absolute atomic E-state index is 0.0352. The van der Waals surface area contributed by atoms with E-state index in [2.05, 4.69) is 5.32 Å². The predicted octanol–water partition coefficient (Wildman–Crippen LogP) is 0.221. The molecule has 102 valence electrons. The summed E-state index contributed by atoms with van der Waals surface area (Å²) in [6, 6.07) is -1.73. The molecule has 0 aromatic heterocycles. The summed E-state index contributed by atoms with van der Waals surface area (Å²) in [6.07, 6.45) is 0.0352. The number of nitrogens with zero attached hydrogens (tertiary/aromatic N) is 1. The molecule has 1 fully saturated rings. The van der Waals surface area contributed by atoms with Gasteiger partial charge in [-0.15, -0.1) is 0 Å². The quantitative estimate of drug-likeness (QED) is 0.687. The van der Waals surface area contributed by atoms with Crippen LogP contribution in [0.25, 0.3) is 0 Å². The number of likely N-dealkylation sites (tertiary alicyclic amines) is 1. The van der Waals surface area contributed by atoms with Crippen molar-refractivity contribution >= 4 is 17.8 Å². The van der Waals surface area contributed by atoms with Crippen LogP contribution >= 0.6 is 0 Å². The molecule has 0 radical (unpaired) electrons. The first-order valence-corrected chi connectivity index (χ1v) is 6.10. The Morgan fingerprint density at radius 3 is 2.22 bits per heavy atom. The van der Waals surface area contributed by atoms with Crippen molar-refractivity contribution in [1.29, 1.82) is 0 Å². The molecule has 2 N–H and O–H groups in total. The molecule has 1 rings (SSSR count). The fraction of sp³-hybridized carbons (Fsp3) is 0.750. The van der Waals surface area contributed by atoms with E-state index in [9.17, 15) is 14.4 Å². The van der Waals surface area contributed by atoms with E-state index < -0.39 is 18.1 Å². The first-order chi connectivity index (χ1) is 8.25. The van der Waals surface area contributed by atoms with Crippen LogP contribution in [0.1, 0.15) is 34.1 Å². The van der Waals surface area contributed by atoms with E-state index in [0.29, 0.717) is 0 Å². The Bertz CT molecular complexity index is 365. The SMILES string of the molecule is CC(C)C(NC1CC(=O)N(C(C)C)C1=O)C(=O)O. The van der Waals surface area contributed by atoms with Gasteiger partial charge in [-0.25, -0.2) is 0 Å². The number of amides is 2. The van der Waals surface area contributed by atoms with Crippen LogP contribution in [0.15, 0.2) is 0 Å². The number of nitrogens with one attached hydrogen (secondary N) is 1. The normalized spacial score (nSPS) is 22.1. The van der Waals surface area contributed by atoms with Gasteiger partial charge in [0.15, 0.2) is 0 Å². The van der Waals surface area contributed by atoms with Gasteiger partial charge in [0.05, 0.1) is 12.5 Å². The number of carboxylic acid groups (broad SMARTS) is 1. The summed E-state index contributed by atoms with van der Waals surface area (Å²) < 4.78 is 0. The molecule has 6 heteroatoms. The minimum atomic E-state index is -1.01. The van der Waals surface area contributed by atoms with E-state index in [1.54, 1.807) is 27.7 Å². The maximum Gasteiger partial charge on any atom is 0.320 e. The molecule has 1 heterocycles. The largest absolute Gasteiger partial charge is 0.480 e. The lowest BCUT2D eigenvalue weighted by molar-refractivity contribution is -0.141. The molecule has 0 saturated carbocycles. The Hall–Kier alpha value is -1.43. The zero-order valence-electron chi connectivity index (χ0n) is 11.1. The Kier molecular flexibility index (Phi) is 4.45. The van der Waals surface area contributed by atoms with Gasteiger partial charge in [-0.2, -0.15) is 0 Å². The molecule has 18 heavy (non-hydrogen) atoms. The van der Waals surface area contributed by atoms with Crippen LogP contribution in [0.4, 0.5) is 0 Å². The molecule has 2 atom stereocenters. The highest BCUT2D eigenvalue weighted by molar-refractivity contribution is 6.06. The van der Waals surface area contributed by atoms with Crippen LogP contribution in [0.2, 0.25) is 0 Å². The molecule has 0 bridgehead atoms. The zero-order valence-corrected chi connectivity index (χ0v) is 11.1. The number of carboxylic acids is 1. The molecular weight excluding hydrogens is 236 g/mol. The average molecular weight is 256 g/mol. The number of carbonyl (C=O) groups excluding carboxylic acids is 2. The number of imide groups is 1. The maximum absolute atomic E-state index is 12.0. The molecule has 2 amide bonds. The highest BCUT2D eigenvalue weighted by Crippen LogP contribution is 2.17. The molecule has 1 saturated heterocycles. The zero-order chi connectivity index (χ0) is 14.0. The number of aliphatic carboxylic acids is 1. The summed E-state index contributed by atoms with van der Waals surface area (Å²) in [5.74, 6) is -1.74. The van der Waals surface area contributed by atoms with Crippen molar-refractivity contribution in [2.24, 2.45) is 5.92 Å². The van der Waals surface area contributed by atoms with Gasteiger partial charge in [0.2, 0.25) is 11.8 Å². The summed E-state index contributed by atoms with van der Waals surface area (Å²) in [5.41, 5.74) is 0. The topological polar surface area (TPSA) is 86.7 Å². The van der Waals surface area contributed by atoms with Crippen molar-refractivity contribution in [1.82, 2.24) is 10.2 Å². The highest BCUT2D eigenvalue weighted by Gasteiger charge is 2.41. The van der Waals surface area contributed by atoms with Crippen molar-refractivity contribution in [2.45, 2.75) is 52.2 Å². The van der Waals surface area contributed by atoms with E-state index >= 15 is 0 Å². The van der Waals surface area contributed by atoms with Gasteiger partial charge in [0.1, 0.15) is 6.04 Å². The van der Waals surface area contributed by atoms with Crippen molar-refractivity contribution < 1.29 is 19.5 Å². The summed E-state index contributed by atoms with van der Waals surface area (Å²) in [4.78, 5) is 35.9. The molecule has 1 aliphatic heterocycles. The molecule has 6 nitrogen and oxygen atoms in total. The molecule has 0 spiro atoms. The Balaban J connectivity index is 2.78. The van der Waals surface area contributed by atoms with Crippen LogP contribution in [-0.4, -0.2) is 45.9 Å². The second kappa shape index (κ2) is 5.48. The van der Waals surface area contributed by atoms with Gasteiger partial charge >= 0.3 is 5.97 Å². The van der Waals surface area contributed by atoms with E-state index in [0.717, 1.165) is 0 Å². The number of carbonyl (C=O) groups is 3. The predicted molar refractivity (Wildman–Crippen MR) is 64.8 cm³/mol. The summed E-state index contributed by atoms with van der Waals surface area (Å²) in [5, 5.41) is 11.8. The standard InChI is InChI=1S/C12H20N2O4/c1-6(2)10(12(17)18)13-8-5-9(15)14(7(3)4)11(8)16/h6-8,10,13H,5H2,1-4H3,(H,17,18). The van der Waals surface area contributed by atoms with Crippen LogP contribution in [0.5, 0.6) is 0 Å². The van der Waals surface area contributed by atoms with Crippen molar-refractivity contribution in [3.05, 3.63) is 0 Å². The fourth-order valence-electron chi connectivity index (χ4n) is 2.09. The van der Waals surface area contributed by atoms with E-state index in [4.69, 9.17) is 5.11 Å². The summed E-state index contributed by atoms with van der Waals surface area (Å²) >= 11 is 0. The molecule has 0 aromatic carbocycles. The van der Waals surface area contributed by atoms with E-state index in [1.165, 1.54) is 4.90 Å². The van der Waals surface area contributed by atoms with Gasteiger partial charge in [-0.3, -0.25) is 24.6 Å². The fourth-order valence-corrected chi connectivity index (χ4v) is 2.09. The number of hydrogen-bond acceptors (Lipinski definition) is 4. The smallest absolute Gasteiger partial charge is 0.320 e. The van der Waals surface area contributed by atoms with Crippen LogP contribution in [-0.2, 0) is 14.4 Å². The lowest BCUT2D eigenvalue weighted by Crippen LogP contribution is -2.50. The monoisotopic (exact) mass is 256 g/mol. The third kappa shape index (κ3) is 2.87. The highest BCUT2D eigenvalue weighted by atomic mass is 16.4.